The standard InChI is InChI=1S/C22H32N2O2/c1-4-6-7-8-9-14-25-20-12-10-19(11-13-20)22-23-15-21(16-24-22)26-17-18(3)5-2/h10-13,15-16,18H,4-9,14,17H2,1-3H3. The summed E-state index contributed by atoms with van der Waals surface area (Å²) in [7, 11) is 0. The van der Waals surface area contributed by atoms with Crippen LogP contribution in [0.2, 0.25) is 0 Å². The monoisotopic (exact) mass is 356 g/mol. The summed E-state index contributed by atoms with van der Waals surface area (Å²) in [5.41, 5.74) is 0.980. The fourth-order valence-corrected chi connectivity index (χ4v) is 2.49. The van der Waals surface area contributed by atoms with Gasteiger partial charge in [-0.1, -0.05) is 52.9 Å². The summed E-state index contributed by atoms with van der Waals surface area (Å²) in [5, 5.41) is 0. The molecule has 0 aliphatic heterocycles. The van der Waals surface area contributed by atoms with Gasteiger partial charge in [-0.05, 0) is 36.6 Å². The maximum atomic E-state index is 5.80. The molecule has 0 radical (unpaired) electrons. The SMILES string of the molecule is CCCCCCCOc1ccc(-c2ncc(OCC(C)CC)cn2)cc1. The van der Waals surface area contributed by atoms with Gasteiger partial charge in [-0.3, -0.25) is 0 Å². The van der Waals surface area contributed by atoms with Gasteiger partial charge in [0.05, 0.1) is 25.6 Å². The Kier molecular flexibility index (Phi) is 8.94. The van der Waals surface area contributed by atoms with E-state index >= 15 is 0 Å². The second kappa shape index (κ2) is 11.5. The summed E-state index contributed by atoms with van der Waals surface area (Å²) >= 11 is 0. The fraction of sp³-hybridized carbons (Fsp3) is 0.545. The van der Waals surface area contributed by atoms with Crippen LogP contribution < -0.4 is 9.47 Å². The highest BCUT2D eigenvalue weighted by Gasteiger charge is 2.05. The lowest BCUT2D eigenvalue weighted by molar-refractivity contribution is 0.255. The second-order valence-corrected chi connectivity index (χ2v) is 6.85. The molecule has 1 aromatic heterocycles. The molecule has 0 bridgehead atoms. The van der Waals surface area contributed by atoms with E-state index in [2.05, 4.69) is 30.7 Å². The van der Waals surface area contributed by atoms with Gasteiger partial charge in [-0.25, -0.2) is 9.97 Å². The van der Waals surface area contributed by atoms with Gasteiger partial charge >= 0.3 is 0 Å². The van der Waals surface area contributed by atoms with Crippen molar-refractivity contribution in [2.24, 2.45) is 5.92 Å². The molecule has 1 heterocycles. The van der Waals surface area contributed by atoms with Crippen molar-refractivity contribution in [1.29, 1.82) is 0 Å². The summed E-state index contributed by atoms with van der Waals surface area (Å²) in [5.74, 6) is 2.86. The van der Waals surface area contributed by atoms with Crippen LogP contribution in [0.15, 0.2) is 36.7 Å². The van der Waals surface area contributed by atoms with Crippen molar-refractivity contribution in [3.05, 3.63) is 36.7 Å². The van der Waals surface area contributed by atoms with Crippen molar-refractivity contribution in [3.8, 4) is 22.9 Å². The summed E-state index contributed by atoms with van der Waals surface area (Å²) in [4.78, 5) is 8.82. The van der Waals surface area contributed by atoms with Crippen LogP contribution in [-0.2, 0) is 0 Å². The molecule has 142 valence electrons. The number of ether oxygens (including phenoxy) is 2. The third-order valence-corrected chi connectivity index (χ3v) is 4.49. The number of benzene rings is 1. The van der Waals surface area contributed by atoms with Crippen molar-refractivity contribution in [3.63, 3.8) is 0 Å². The Bertz CT molecular complexity index is 611. The van der Waals surface area contributed by atoms with E-state index in [1.807, 2.05) is 24.3 Å². The van der Waals surface area contributed by atoms with Crippen molar-refractivity contribution in [2.45, 2.75) is 59.3 Å². The van der Waals surface area contributed by atoms with Crippen LogP contribution in [0.3, 0.4) is 0 Å². The minimum atomic E-state index is 0.536. The van der Waals surface area contributed by atoms with Crippen LogP contribution in [0, 0.1) is 5.92 Å². The van der Waals surface area contributed by atoms with E-state index in [1.54, 1.807) is 12.4 Å². The smallest absolute Gasteiger partial charge is 0.159 e. The lowest BCUT2D eigenvalue weighted by Crippen LogP contribution is -2.07. The highest BCUT2D eigenvalue weighted by Crippen LogP contribution is 2.21. The van der Waals surface area contributed by atoms with Gasteiger partial charge in [0.15, 0.2) is 11.6 Å². The molecular formula is C22H32N2O2. The first-order valence-corrected chi connectivity index (χ1v) is 9.91. The largest absolute Gasteiger partial charge is 0.494 e. The van der Waals surface area contributed by atoms with Crippen LogP contribution in [-0.4, -0.2) is 23.2 Å². The molecular weight excluding hydrogens is 324 g/mol. The lowest BCUT2D eigenvalue weighted by Gasteiger charge is -2.10. The first kappa shape index (κ1) is 20.2. The summed E-state index contributed by atoms with van der Waals surface area (Å²) in [6, 6.07) is 7.97. The molecule has 0 N–H and O–H groups in total. The zero-order chi connectivity index (χ0) is 18.6. The minimum absolute atomic E-state index is 0.536. The van der Waals surface area contributed by atoms with Gasteiger partial charge in [0.1, 0.15) is 5.75 Å². The lowest BCUT2D eigenvalue weighted by atomic mass is 10.1. The van der Waals surface area contributed by atoms with E-state index in [9.17, 15) is 0 Å². The minimum Gasteiger partial charge on any atom is -0.494 e. The third kappa shape index (κ3) is 7.03. The van der Waals surface area contributed by atoms with Crippen molar-refractivity contribution in [1.82, 2.24) is 9.97 Å². The van der Waals surface area contributed by atoms with Gasteiger partial charge in [0.25, 0.3) is 0 Å². The van der Waals surface area contributed by atoms with Gasteiger partial charge in [-0.2, -0.15) is 0 Å². The van der Waals surface area contributed by atoms with Crippen LogP contribution in [0.5, 0.6) is 11.5 Å². The predicted molar refractivity (Wildman–Crippen MR) is 107 cm³/mol. The predicted octanol–water partition coefficient (Wildman–Crippen LogP) is 5.92. The molecule has 1 atom stereocenters. The molecule has 4 nitrogen and oxygen atoms in total. The van der Waals surface area contributed by atoms with E-state index in [4.69, 9.17) is 9.47 Å². The highest BCUT2D eigenvalue weighted by atomic mass is 16.5. The molecule has 4 heteroatoms. The average molecular weight is 357 g/mol. The molecule has 2 rings (SSSR count). The van der Waals surface area contributed by atoms with E-state index < -0.39 is 0 Å². The second-order valence-electron chi connectivity index (χ2n) is 6.85. The van der Waals surface area contributed by atoms with Crippen molar-refractivity contribution < 1.29 is 9.47 Å². The third-order valence-electron chi connectivity index (χ3n) is 4.49. The van der Waals surface area contributed by atoms with E-state index in [0.717, 1.165) is 36.5 Å². The number of rotatable bonds is 12. The van der Waals surface area contributed by atoms with Crippen LogP contribution in [0.4, 0.5) is 0 Å². The Morgan fingerprint density at radius 2 is 1.54 bits per heavy atom. The molecule has 2 aromatic rings. The fourth-order valence-electron chi connectivity index (χ4n) is 2.49. The van der Waals surface area contributed by atoms with Crippen molar-refractivity contribution in [2.75, 3.05) is 13.2 Å². The van der Waals surface area contributed by atoms with E-state index in [0.29, 0.717) is 18.3 Å². The molecule has 1 aromatic carbocycles. The zero-order valence-electron chi connectivity index (χ0n) is 16.4. The van der Waals surface area contributed by atoms with Crippen LogP contribution >= 0.6 is 0 Å². The van der Waals surface area contributed by atoms with Crippen LogP contribution in [0.1, 0.15) is 59.3 Å². The Morgan fingerprint density at radius 3 is 2.19 bits per heavy atom. The van der Waals surface area contributed by atoms with Gasteiger partial charge in [0.2, 0.25) is 0 Å². The molecule has 0 aliphatic rings. The summed E-state index contributed by atoms with van der Waals surface area (Å²) < 4.78 is 11.5. The zero-order valence-corrected chi connectivity index (χ0v) is 16.4. The maximum absolute atomic E-state index is 5.80. The molecule has 0 saturated heterocycles. The number of nitrogens with zero attached hydrogens (tertiary/aromatic N) is 2. The van der Waals surface area contributed by atoms with E-state index in [-0.39, 0.29) is 0 Å². The highest BCUT2D eigenvalue weighted by molar-refractivity contribution is 5.56. The normalized spacial score (nSPS) is 12.0. The maximum Gasteiger partial charge on any atom is 0.159 e. The molecule has 0 spiro atoms. The Labute approximate surface area is 158 Å². The van der Waals surface area contributed by atoms with E-state index in [1.165, 1.54) is 25.7 Å². The molecule has 0 saturated carbocycles. The summed E-state index contributed by atoms with van der Waals surface area (Å²) in [6.45, 7) is 8.04. The Hall–Kier alpha value is -2.10. The topological polar surface area (TPSA) is 44.2 Å². The summed E-state index contributed by atoms with van der Waals surface area (Å²) in [6.07, 6.45) is 10.8. The van der Waals surface area contributed by atoms with Gasteiger partial charge in [0, 0.05) is 5.56 Å². The van der Waals surface area contributed by atoms with Gasteiger partial charge < -0.3 is 9.47 Å². The first-order valence-electron chi connectivity index (χ1n) is 9.91. The Morgan fingerprint density at radius 1 is 0.846 bits per heavy atom. The average Bonchev–Trinajstić information content (AvgIpc) is 2.69. The number of unbranched alkanes of at least 4 members (excludes halogenated alkanes) is 4. The first-order chi connectivity index (χ1) is 12.7. The number of hydrogen-bond donors (Lipinski definition) is 0. The van der Waals surface area contributed by atoms with Crippen molar-refractivity contribution >= 4 is 0 Å². The quantitative estimate of drug-likeness (QED) is 0.443. The molecule has 1 unspecified atom stereocenters. The molecule has 0 aliphatic carbocycles. The molecule has 0 fully saturated rings. The molecule has 0 amide bonds. The number of hydrogen-bond acceptors (Lipinski definition) is 4. The molecule has 26 heavy (non-hydrogen) atoms. The van der Waals surface area contributed by atoms with Gasteiger partial charge in [-0.15, -0.1) is 0 Å². The Balaban J connectivity index is 1.80. The number of aromatic nitrogens is 2. The van der Waals surface area contributed by atoms with Crippen LogP contribution in [0.25, 0.3) is 11.4 Å².